The van der Waals surface area contributed by atoms with Crippen LogP contribution in [0.5, 0.6) is 0 Å². The molecule has 2 N–H and O–H groups in total. The predicted molar refractivity (Wildman–Crippen MR) is 56.4 cm³/mol. The van der Waals surface area contributed by atoms with E-state index in [4.69, 9.17) is 0 Å². The van der Waals surface area contributed by atoms with E-state index >= 15 is 0 Å². The molecule has 1 aliphatic carbocycles. The van der Waals surface area contributed by atoms with Gasteiger partial charge in [0.05, 0.1) is 0 Å². The summed E-state index contributed by atoms with van der Waals surface area (Å²) in [5.74, 6) is -0.666. The fraction of sp³-hybridized carbons (Fsp3) is 0.909. The minimum Gasteiger partial charge on any atom is -0.480 e. The Balaban J connectivity index is 2.65. The van der Waals surface area contributed by atoms with E-state index in [9.17, 15) is 9.90 Å². The van der Waals surface area contributed by atoms with E-state index in [0.717, 1.165) is 32.2 Å². The van der Waals surface area contributed by atoms with Gasteiger partial charge in [-0.25, -0.2) is 0 Å². The van der Waals surface area contributed by atoms with Crippen LogP contribution in [0, 0.1) is 0 Å². The van der Waals surface area contributed by atoms with E-state index in [1.807, 2.05) is 6.92 Å². The van der Waals surface area contributed by atoms with Crippen molar-refractivity contribution in [2.24, 2.45) is 0 Å². The first kappa shape index (κ1) is 11.5. The second kappa shape index (κ2) is 5.35. The number of carboxylic acid groups (broad SMARTS) is 1. The van der Waals surface area contributed by atoms with Crippen LogP contribution in [0.15, 0.2) is 0 Å². The number of hydrogen-bond acceptors (Lipinski definition) is 2. The Morgan fingerprint density at radius 2 is 1.71 bits per heavy atom. The number of likely N-dealkylation sites (N-methyl/N-ethyl adjacent to an activating group) is 1. The van der Waals surface area contributed by atoms with Crippen LogP contribution in [0.3, 0.4) is 0 Å². The molecule has 0 bridgehead atoms. The van der Waals surface area contributed by atoms with Crippen LogP contribution in [-0.2, 0) is 4.79 Å². The lowest BCUT2D eigenvalue weighted by molar-refractivity contribution is -0.145. The van der Waals surface area contributed by atoms with Crippen LogP contribution >= 0.6 is 0 Å². The first-order valence-corrected chi connectivity index (χ1v) is 5.70. The molecule has 0 radical (unpaired) electrons. The molecule has 0 heterocycles. The molecular weight excluding hydrogens is 178 g/mol. The smallest absolute Gasteiger partial charge is 0.323 e. The Morgan fingerprint density at radius 3 is 2.14 bits per heavy atom. The van der Waals surface area contributed by atoms with Crippen LogP contribution in [0.1, 0.15) is 51.9 Å². The van der Waals surface area contributed by atoms with Gasteiger partial charge in [0.15, 0.2) is 0 Å². The van der Waals surface area contributed by atoms with Crippen molar-refractivity contribution in [1.82, 2.24) is 5.32 Å². The van der Waals surface area contributed by atoms with Crippen molar-refractivity contribution in [3.8, 4) is 0 Å². The van der Waals surface area contributed by atoms with Gasteiger partial charge >= 0.3 is 5.97 Å². The van der Waals surface area contributed by atoms with Crippen molar-refractivity contribution in [2.75, 3.05) is 6.54 Å². The van der Waals surface area contributed by atoms with Gasteiger partial charge in [0.1, 0.15) is 5.54 Å². The van der Waals surface area contributed by atoms with Gasteiger partial charge < -0.3 is 10.4 Å². The maximum atomic E-state index is 11.3. The normalized spacial score (nSPS) is 22.4. The molecule has 0 unspecified atom stereocenters. The monoisotopic (exact) mass is 199 g/mol. The quantitative estimate of drug-likeness (QED) is 0.732. The summed E-state index contributed by atoms with van der Waals surface area (Å²) in [7, 11) is 0. The van der Waals surface area contributed by atoms with Crippen molar-refractivity contribution < 1.29 is 9.90 Å². The maximum absolute atomic E-state index is 11.3. The van der Waals surface area contributed by atoms with Crippen molar-refractivity contribution in [3.63, 3.8) is 0 Å². The maximum Gasteiger partial charge on any atom is 0.323 e. The third-order valence-corrected chi connectivity index (χ3v) is 3.13. The zero-order valence-electron chi connectivity index (χ0n) is 9.01. The van der Waals surface area contributed by atoms with Crippen LogP contribution in [0.25, 0.3) is 0 Å². The third kappa shape index (κ3) is 2.71. The predicted octanol–water partition coefficient (Wildman–Crippen LogP) is 2.16. The zero-order chi connectivity index (χ0) is 10.4. The summed E-state index contributed by atoms with van der Waals surface area (Å²) >= 11 is 0. The number of hydrogen-bond donors (Lipinski definition) is 2. The lowest BCUT2D eigenvalue weighted by Crippen LogP contribution is -2.52. The van der Waals surface area contributed by atoms with Gasteiger partial charge in [-0.15, -0.1) is 0 Å². The standard InChI is InChI=1S/C11H21NO2/c1-2-12-11(10(13)14)8-6-4-3-5-7-9-11/h12H,2-9H2,1H3,(H,13,14). The Morgan fingerprint density at radius 1 is 1.21 bits per heavy atom. The zero-order valence-corrected chi connectivity index (χ0v) is 9.01. The molecule has 14 heavy (non-hydrogen) atoms. The van der Waals surface area contributed by atoms with Crippen LogP contribution < -0.4 is 5.32 Å². The Hall–Kier alpha value is -0.570. The fourth-order valence-corrected chi connectivity index (χ4v) is 2.31. The first-order valence-electron chi connectivity index (χ1n) is 5.70. The Bertz CT molecular complexity index is 184. The van der Waals surface area contributed by atoms with Gasteiger partial charge in [-0.05, 0) is 19.4 Å². The molecule has 0 aromatic heterocycles. The van der Waals surface area contributed by atoms with E-state index in [2.05, 4.69) is 5.32 Å². The highest BCUT2D eigenvalue weighted by Gasteiger charge is 2.36. The molecule has 1 saturated carbocycles. The average Bonchev–Trinajstić information content (AvgIpc) is 2.09. The summed E-state index contributed by atoms with van der Waals surface area (Å²) in [4.78, 5) is 11.3. The van der Waals surface area contributed by atoms with Gasteiger partial charge in [0.25, 0.3) is 0 Å². The van der Waals surface area contributed by atoms with Gasteiger partial charge in [-0.3, -0.25) is 4.79 Å². The SMILES string of the molecule is CCNC1(C(=O)O)CCCCCCC1. The molecule has 82 valence electrons. The van der Waals surface area contributed by atoms with Crippen LogP contribution in [-0.4, -0.2) is 23.2 Å². The number of rotatable bonds is 3. The number of nitrogens with one attached hydrogen (secondary N) is 1. The molecule has 0 saturated heterocycles. The van der Waals surface area contributed by atoms with Crippen LogP contribution in [0.2, 0.25) is 0 Å². The lowest BCUT2D eigenvalue weighted by atomic mass is 9.84. The summed E-state index contributed by atoms with van der Waals surface area (Å²) in [6.07, 6.45) is 7.29. The molecule has 0 aromatic carbocycles. The van der Waals surface area contributed by atoms with Gasteiger partial charge in [0.2, 0.25) is 0 Å². The second-order valence-corrected chi connectivity index (χ2v) is 4.19. The molecule has 3 heteroatoms. The highest BCUT2D eigenvalue weighted by molar-refractivity contribution is 5.78. The highest BCUT2D eigenvalue weighted by atomic mass is 16.4. The van der Waals surface area contributed by atoms with Crippen molar-refractivity contribution in [1.29, 1.82) is 0 Å². The largest absolute Gasteiger partial charge is 0.480 e. The van der Waals surface area contributed by atoms with E-state index in [0.29, 0.717) is 0 Å². The lowest BCUT2D eigenvalue weighted by Gasteiger charge is -2.31. The van der Waals surface area contributed by atoms with Crippen molar-refractivity contribution in [2.45, 2.75) is 57.4 Å². The topological polar surface area (TPSA) is 49.3 Å². The van der Waals surface area contributed by atoms with E-state index in [1.165, 1.54) is 19.3 Å². The minimum atomic E-state index is -0.666. The van der Waals surface area contributed by atoms with Gasteiger partial charge in [0, 0.05) is 0 Å². The van der Waals surface area contributed by atoms with E-state index < -0.39 is 11.5 Å². The number of carboxylic acids is 1. The summed E-state index contributed by atoms with van der Waals surface area (Å²) in [5.41, 5.74) is -0.630. The molecule has 1 aliphatic rings. The molecule has 0 atom stereocenters. The molecule has 0 aromatic rings. The highest BCUT2D eigenvalue weighted by Crippen LogP contribution is 2.26. The van der Waals surface area contributed by atoms with Gasteiger partial charge in [-0.2, -0.15) is 0 Å². The van der Waals surface area contributed by atoms with E-state index in [-0.39, 0.29) is 0 Å². The summed E-state index contributed by atoms with van der Waals surface area (Å²) < 4.78 is 0. The Labute approximate surface area is 85.9 Å². The van der Waals surface area contributed by atoms with Crippen molar-refractivity contribution in [3.05, 3.63) is 0 Å². The molecule has 1 rings (SSSR count). The van der Waals surface area contributed by atoms with Gasteiger partial charge in [-0.1, -0.05) is 39.0 Å². The van der Waals surface area contributed by atoms with Crippen molar-refractivity contribution >= 4 is 5.97 Å². The fourth-order valence-electron chi connectivity index (χ4n) is 2.31. The molecular formula is C11H21NO2. The van der Waals surface area contributed by atoms with E-state index in [1.54, 1.807) is 0 Å². The molecule has 3 nitrogen and oxygen atoms in total. The number of carbonyl (C=O) groups is 1. The number of aliphatic carboxylic acids is 1. The summed E-state index contributed by atoms with van der Waals surface area (Å²) in [6, 6.07) is 0. The molecule has 1 fully saturated rings. The minimum absolute atomic E-state index is 0.630. The van der Waals surface area contributed by atoms with Crippen LogP contribution in [0.4, 0.5) is 0 Å². The summed E-state index contributed by atoms with van der Waals surface area (Å²) in [5, 5.41) is 12.4. The summed E-state index contributed by atoms with van der Waals surface area (Å²) in [6.45, 7) is 2.72. The second-order valence-electron chi connectivity index (χ2n) is 4.19. The first-order chi connectivity index (χ1) is 6.71. The average molecular weight is 199 g/mol. The molecule has 0 aliphatic heterocycles. The molecule has 0 spiro atoms. The Kier molecular flexibility index (Phi) is 4.39. The third-order valence-electron chi connectivity index (χ3n) is 3.13. The molecule has 0 amide bonds.